The van der Waals surface area contributed by atoms with Crippen molar-refractivity contribution in [1.29, 1.82) is 0 Å². The van der Waals surface area contributed by atoms with Crippen molar-refractivity contribution < 1.29 is 27.4 Å². The molecule has 0 saturated carbocycles. The van der Waals surface area contributed by atoms with Gasteiger partial charge in [0.25, 0.3) is 0 Å². The molecular weight excluding hydrogens is 831 g/mol. The van der Waals surface area contributed by atoms with Gasteiger partial charge in [0.15, 0.2) is 0 Å². The van der Waals surface area contributed by atoms with E-state index in [0.29, 0.717) is 17.2 Å². The van der Waals surface area contributed by atoms with E-state index in [1.807, 2.05) is 176 Å². The first-order chi connectivity index (χ1) is 31.7. The summed E-state index contributed by atoms with van der Waals surface area (Å²) in [6.07, 6.45) is 0. The van der Waals surface area contributed by atoms with E-state index in [9.17, 15) is 0 Å². The number of ether oxygens (including phenoxy) is 1. The summed E-state index contributed by atoms with van der Waals surface area (Å²) in [6, 6.07) is 80.4. The van der Waals surface area contributed by atoms with Crippen molar-refractivity contribution in [2.24, 2.45) is 0 Å². The Labute approximate surface area is 378 Å². The second kappa shape index (κ2) is 22.8. The van der Waals surface area contributed by atoms with E-state index in [1.165, 1.54) is 5.56 Å². The summed E-state index contributed by atoms with van der Waals surface area (Å²) >= 11 is 0. The second-order valence-electron chi connectivity index (χ2n) is 14.3. The van der Waals surface area contributed by atoms with Crippen LogP contribution in [0.1, 0.15) is 5.56 Å². The molecule has 9 aromatic rings. The number of hydrogen-bond acceptors (Lipinski definition) is 6. The summed E-state index contributed by atoms with van der Waals surface area (Å²) < 4.78 is 37.0. The van der Waals surface area contributed by atoms with E-state index in [4.69, 9.17) is 27.4 Å². The number of benzene rings is 9. The van der Waals surface area contributed by atoms with Crippen LogP contribution < -0.4 is 22.8 Å². The third kappa shape index (κ3) is 12.0. The number of para-hydroxylation sites is 3. The Balaban J connectivity index is 0.000000339. The molecule has 0 aliphatic carbocycles. The van der Waals surface area contributed by atoms with Gasteiger partial charge < -0.3 is 27.4 Å². The minimum atomic E-state index is -1.96. The van der Waals surface area contributed by atoms with E-state index in [0.717, 1.165) is 56.0 Å². The fourth-order valence-corrected chi connectivity index (χ4v) is 8.39. The summed E-state index contributed by atoms with van der Waals surface area (Å²) in [5, 5.41) is 0. The zero-order valence-corrected chi connectivity index (χ0v) is 37.1. The first kappa shape index (κ1) is 43.4. The first-order valence-electron chi connectivity index (χ1n) is 20.8. The molecule has 0 radical (unpaired) electrons. The lowest BCUT2D eigenvalue weighted by atomic mass is 10.1. The molecule has 2 unspecified atom stereocenters. The zero-order valence-electron chi connectivity index (χ0n) is 35.2. The SMILES string of the molecule is COc1ccccc1-c1ccccc1.c1ccc(-c2cccc(OPOCc3ccccc3OP(Oc3cccc(-c4ccccc4)c3)Oc3ccccc3-c3ccccc3)c2)cc1. The topological polar surface area (TPSA) is 55.4 Å². The predicted octanol–water partition coefficient (Wildman–Crippen LogP) is 15.9. The van der Waals surface area contributed by atoms with E-state index in [1.54, 1.807) is 7.11 Å². The van der Waals surface area contributed by atoms with Crippen molar-refractivity contribution >= 4 is 17.6 Å². The molecule has 0 N–H and O–H groups in total. The average molecular weight is 877 g/mol. The Hall–Kier alpha value is -7.20. The molecule has 9 aromatic carbocycles. The van der Waals surface area contributed by atoms with E-state index >= 15 is 0 Å². The van der Waals surface area contributed by atoms with Gasteiger partial charge >= 0.3 is 8.60 Å². The van der Waals surface area contributed by atoms with Crippen molar-refractivity contribution in [1.82, 2.24) is 0 Å². The Morgan fingerprint density at radius 3 is 1.36 bits per heavy atom. The van der Waals surface area contributed by atoms with Gasteiger partial charge in [-0.25, -0.2) is 0 Å². The predicted molar refractivity (Wildman–Crippen MR) is 263 cm³/mol. The summed E-state index contributed by atoms with van der Waals surface area (Å²) in [4.78, 5) is 0. The van der Waals surface area contributed by atoms with Crippen molar-refractivity contribution in [3.05, 3.63) is 248 Å². The van der Waals surface area contributed by atoms with Crippen LogP contribution in [0.25, 0.3) is 44.5 Å². The fourth-order valence-electron chi connectivity index (χ4n) is 6.84. The Bertz CT molecular complexity index is 2810. The minimum absolute atomic E-state index is 0.209. The highest BCUT2D eigenvalue weighted by Crippen LogP contribution is 2.46. The molecule has 0 heterocycles. The summed E-state index contributed by atoms with van der Waals surface area (Å²) in [6.45, 7) is 0.278. The standard InChI is InChI=1S/C43H34O5P2.C13H12O/c1-4-16-33(17-5-1)36-23-14-25-39(30-36)45-49-44-32-38-22-10-12-28-42(38)47-50(46-40-26-15-24-37(31-40)34-18-6-2-7-19-34)48-43-29-13-11-27-41(43)35-20-8-3-9-21-35;1-14-13-10-6-5-9-12(13)11-7-3-2-4-8-11/h1-31,49H,32H2;2-10H,1H3. The van der Waals surface area contributed by atoms with Gasteiger partial charge in [0.2, 0.25) is 9.03 Å². The van der Waals surface area contributed by atoms with Gasteiger partial charge in [0.1, 0.15) is 28.7 Å². The molecule has 0 amide bonds. The van der Waals surface area contributed by atoms with E-state index in [2.05, 4.69) is 66.7 Å². The van der Waals surface area contributed by atoms with Gasteiger partial charge in [0, 0.05) is 16.7 Å². The van der Waals surface area contributed by atoms with Crippen molar-refractivity contribution in [3.8, 4) is 73.3 Å². The molecule has 0 spiro atoms. The van der Waals surface area contributed by atoms with Crippen LogP contribution in [0.4, 0.5) is 0 Å². The van der Waals surface area contributed by atoms with Gasteiger partial charge in [0.05, 0.1) is 13.7 Å². The van der Waals surface area contributed by atoms with E-state index < -0.39 is 8.60 Å². The summed E-state index contributed by atoms with van der Waals surface area (Å²) in [5.74, 6) is 3.56. The van der Waals surface area contributed by atoms with Gasteiger partial charge in [-0.05, 0) is 75.8 Å². The monoisotopic (exact) mass is 876 g/mol. The molecule has 8 heteroatoms. The van der Waals surface area contributed by atoms with Gasteiger partial charge in [-0.3, -0.25) is 0 Å². The molecule has 6 nitrogen and oxygen atoms in total. The van der Waals surface area contributed by atoms with Crippen LogP contribution in [0.2, 0.25) is 0 Å². The molecule has 0 aliphatic rings. The maximum Gasteiger partial charge on any atom is 0.530 e. The third-order valence-electron chi connectivity index (χ3n) is 9.99. The van der Waals surface area contributed by atoms with Crippen LogP contribution in [0.3, 0.4) is 0 Å². The lowest BCUT2D eigenvalue weighted by molar-refractivity contribution is 0.313. The molecule has 9 rings (SSSR count). The molecule has 64 heavy (non-hydrogen) atoms. The van der Waals surface area contributed by atoms with Gasteiger partial charge in [-0.1, -0.05) is 200 Å². The van der Waals surface area contributed by atoms with Crippen LogP contribution in [0.5, 0.6) is 28.7 Å². The summed E-state index contributed by atoms with van der Waals surface area (Å²) in [7, 11) is -0.471. The number of hydrogen-bond donors (Lipinski definition) is 0. The zero-order chi connectivity index (χ0) is 43.6. The van der Waals surface area contributed by atoms with Crippen LogP contribution >= 0.6 is 17.6 Å². The number of methoxy groups -OCH3 is 1. The minimum Gasteiger partial charge on any atom is -0.496 e. The largest absolute Gasteiger partial charge is 0.530 e. The van der Waals surface area contributed by atoms with Crippen molar-refractivity contribution in [2.75, 3.05) is 7.11 Å². The van der Waals surface area contributed by atoms with Crippen LogP contribution in [-0.2, 0) is 11.1 Å². The van der Waals surface area contributed by atoms with Crippen molar-refractivity contribution in [2.45, 2.75) is 6.61 Å². The maximum absolute atomic E-state index is 6.60. The van der Waals surface area contributed by atoms with Crippen molar-refractivity contribution in [3.63, 3.8) is 0 Å². The smallest absolute Gasteiger partial charge is 0.496 e. The molecule has 0 fully saturated rings. The average Bonchev–Trinajstić information content (AvgIpc) is 3.37. The highest BCUT2D eigenvalue weighted by Gasteiger charge is 2.23. The quantitative estimate of drug-likeness (QED) is 0.0712. The number of rotatable bonds is 16. The second-order valence-corrected chi connectivity index (χ2v) is 15.9. The normalized spacial score (nSPS) is 11.2. The molecule has 0 bridgehead atoms. The fraction of sp³-hybridized carbons (Fsp3) is 0.0357. The molecule has 0 aromatic heterocycles. The highest BCUT2D eigenvalue weighted by molar-refractivity contribution is 7.43. The Morgan fingerprint density at radius 2 is 0.781 bits per heavy atom. The first-order valence-corrected chi connectivity index (χ1v) is 22.7. The maximum atomic E-state index is 6.60. The lowest BCUT2D eigenvalue weighted by Gasteiger charge is -2.21. The molecule has 316 valence electrons. The third-order valence-corrected chi connectivity index (χ3v) is 11.6. The lowest BCUT2D eigenvalue weighted by Crippen LogP contribution is -2.05. The molecule has 0 saturated heterocycles. The molecular formula is C56H46O6P2. The van der Waals surface area contributed by atoms with Gasteiger partial charge in [-0.15, -0.1) is 0 Å². The molecule has 0 aliphatic heterocycles. The Morgan fingerprint density at radius 1 is 0.359 bits per heavy atom. The highest BCUT2D eigenvalue weighted by atomic mass is 31.2. The van der Waals surface area contributed by atoms with Gasteiger partial charge in [-0.2, -0.15) is 0 Å². The molecule has 2 atom stereocenters. The summed E-state index contributed by atoms with van der Waals surface area (Å²) in [5.41, 5.74) is 9.49. The Kier molecular flexibility index (Phi) is 15.5. The van der Waals surface area contributed by atoms with E-state index in [-0.39, 0.29) is 15.6 Å². The van der Waals surface area contributed by atoms with Crippen LogP contribution in [-0.4, -0.2) is 7.11 Å². The van der Waals surface area contributed by atoms with Crippen LogP contribution in [0.15, 0.2) is 243 Å². The van der Waals surface area contributed by atoms with Crippen LogP contribution in [0, 0.1) is 0 Å².